The summed E-state index contributed by atoms with van der Waals surface area (Å²) in [6, 6.07) is 9.98. The van der Waals surface area contributed by atoms with E-state index >= 15 is 0 Å². The standard InChI is InChI=1S/C23H22FN5O2S2/c1-15-8-10-28(11-9-15)22(30)17-13-32-20(25-17)14-33-23-27-26-21(19-7-4-12-31-19)29(23)18-6-3-2-5-16(18)24/h2-7,12-13,15H,8-11,14H2,1H3. The highest BCUT2D eigenvalue weighted by Crippen LogP contribution is 2.31. The molecule has 0 bridgehead atoms. The zero-order chi connectivity index (χ0) is 22.8. The SMILES string of the molecule is CC1CCN(C(=O)c2csc(CSc3nnc(-c4ccco4)n3-c3ccccc3F)n2)CC1. The normalized spacial score (nSPS) is 14.7. The quantitative estimate of drug-likeness (QED) is 0.347. The minimum absolute atomic E-state index is 0.0102. The topological polar surface area (TPSA) is 77.0 Å². The first-order valence-corrected chi connectivity index (χ1v) is 12.6. The van der Waals surface area contributed by atoms with E-state index < -0.39 is 0 Å². The minimum Gasteiger partial charge on any atom is -0.461 e. The number of furan rings is 1. The molecule has 0 aliphatic carbocycles. The maximum absolute atomic E-state index is 14.6. The van der Waals surface area contributed by atoms with E-state index in [2.05, 4.69) is 22.1 Å². The van der Waals surface area contributed by atoms with Crippen LogP contribution in [-0.4, -0.2) is 43.6 Å². The van der Waals surface area contributed by atoms with Crippen LogP contribution in [0.4, 0.5) is 4.39 Å². The van der Waals surface area contributed by atoms with Gasteiger partial charge in [-0.05, 0) is 43.0 Å². The fraction of sp³-hybridized carbons (Fsp3) is 0.304. The molecule has 0 spiro atoms. The molecule has 0 unspecified atom stereocenters. The molecule has 1 aliphatic rings. The van der Waals surface area contributed by atoms with Crippen molar-refractivity contribution < 1.29 is 13.6 Å². The monoisotopic (exact) mass is 483 g/mol. The molecule has 1 aromatic carbocycles. The third-order valence-corrected chi connectivity index (χ3v) is 7.61. The summed E-state index contributed by atoms with van der Waals surface area (Å²) >= 11 is 2.83. The second kappa shape index (κ2) is 9.48. The smallest absolute Gasteiger partial charge is 0.273 e. The van der Waals surface area contributed by atoms with Gasteiger partial charge in [0.1, 0.15) is 16.5 Å². The minimum atomic E-state index is -0.384. The molecule has 5 rings (SSSR count). The van der Waals surface area contributed by atoms with E-state index in [9.17, 15) is 9.18 Å². The predicted molar refractivity (Wildman–Crippen MR) is 125 cm³/mol. The predicted octanol–water partition coefficient (Wildman–Crippen LogP) is 5.29. The maximum atomic E-state index is 14.6. The van der Waals surface area contributed by atoms with Gasteiger partial charge in [0.2, 0.25) is 5.82 Å². The number of amides is 1. The van der Waals surface area contributed by atoms with Crippen LogP contribution < -0.4 is 0 Å². The number of halogens is 1. The summed E-state index contributed by atoms with van der Waals surface area (Å²) in [4.78, 5) is 19.2. The summed E-state index contributed by atoms with van der Waals surface area (Å²) in [5.74, 6) is 1.67. The molecular weight excluding hydrogens is 461 g/mol. The Hall–Kier alpha value is -2.98. The van der Waals surface area contributed by atoms with E-state index in [1.54, 1.807) is 41.2 Å². The molecule has 0 saturated carbocycles. The first kappa shape index (κ1) is 21.8. The lowest BCUT2D eigenvalue weighted by Gasteiger charge is -2.29. The summed E-state index contributed by atoms with van der Waals surface area (Å²) in [7, 11) is 0. The fourth-order valence-corrected chi connectivity index (χ4v) is 5.49. The highest BCUT2D eigenvalue weighted by atomic mass is 32.2. The number of rotatable bonds is 6. The van der Waals surface area contributed by atoms with Crippen molar-refractivity contribution in [3.8, 4) is 17.3 Å². The van der Waals surface area contributed by atoms with E-state index in [4.69, 9.17) is 4.42 Å². The highest BCUT2D eigenvalue weighted by molar-refractivity contribution is 7.98. The number of hydrogen-bond acceptors (Lipinski definition) is 7. The van der Waals surface area contributed by atoms with Crippen molar-refractivity contribution in [2.45, 2.75) is 30.7 Å². The molecule has 0 N–H and O–H groups in total. The van der Waals surface area contributed by atoms with Crippen molar-refractivity contribution in [3.05, 3.63) is 64.6 Å². The Morgan fingerprint density at radius 1 is 1.21 bits per heavy atom. The van der Waals surface area contributed by atoms with Gasteiger partial charge < -0.3 is 9.32 Å². The summed E-state index contributed by atoms with van der Waals surface area (Å²) in [5, 5.41) is 11.6. The van der Waals surface area contributed by atoms with E-state index in [0.717, 1.165) is 30.9 Å². The number of likely N-dealkylation sites (tertiary alicyclic amines) is 1. The van der Waals surface area contributed by atoms with E-state index in [1.165, 1.54) is 29.2 Å². The molecule has 1 aliphatic heterocycles. The average molecular weight is 484 g/mol. The van der Waals surface area contributed by atoms with Crippen LogP contribution in [0.3, 0.4) is 0 Å². The molecule has 170 valence electrons. The van der Waals surface area contributed by atoms with Crippen LogP contribution in [0.25, 0.3) is 17.3 Å². The van der Waals surface area contributed by atoms with Crippen LogP contribution in [0, 0.1) is 11.7 Å². The Labute approximate surface area is 198 Å². The Morgan fingerprint density at radius 3 is 2.79 bits per heavy atom. The van der Waals surface area contributed by atoms with Crippen LogP contribution in [0.15, 0.2) is 57.6 Å². The van der Waals surface area contributed by atoms with Gasteiger partial charge in [-0.1, -0.05) is 30.8 Å². The lowest BCUT2D eigenvalue weighted by molar-refractivity contribution is 0.0692. The van der Waals surface area contributed by atoms with Crippen molar-refractivity contribution >= 4 is 29.0 Å². The Balaban J connectivity index is 1.36. The Bertz CT molecular complexity index is 1250. The molecule has 1 amide bonds. The van der Waals surface area contributed by atoms with Gasteiger partial charge in [-0.3, -0.25) is 9.36 Å². The summed E-state index contributed by atoms with van der Waals surface area (Å²) < 4.78 is 21.8. The van der Waals surface area contributed by atoms with Crippen LogP contribution >= 0.6 is 23.1 Å². The number of thiazole rings is 1. The molecule has 4 heterocycles. The van der Waals surface area contributed by atoms with Gasteiger partial charge in [0.25, 0.3) is 5.91 Å². The highest BCUT2D eigenvalue weighted by Gasteiger charge is 2.24. The molecule has 7 nitrogen and oxygen atoms in total. The third-order valence-electron chi connectivity index (χ3n) is 5.63. The lowest BCUT2D eigenvalue weighted by Crippen LogP contribution is -2.38. The van der Waals surface area contributed by atoms with Gasteiger partial charge in [-0.25, -0.2) is 9.37 Å². The Kier molecular flexibility index (Phi) is 6.28. The second-order valence-electron chi connectivity index (χ2n) is 7.96. The van der Waals surface area contributed by atoms with E-state index in [0.29, 0.717) is 39.8 Å². The number of benzene rings is 1. The van der Waals surface area contributed by atoms with Gasteiger partial charge in [0.05, 0.1) is 17.7 Å². The molecule has 1 saturated heterocycles. The molecular formula is C23H22FN5O2S2. The fourth-order valence-electron chi connectivity index (χ4n) is 3.75. The first-order chi connectivity index (χ1) is 16.1. The molecule has 3 aromatic heterocycles. The lowest BCUT2D eigenvalue weighted by atomic mass is 9.99. The van der Waals surface area contributed by atoms with Gasteiger partial charge in [-0.2, -0.15) is 0 Å². The number of hydrogen-bond donors (Lipinski definition) is 0. The molecule has 10 heteroatoms. The first-order valence-electron chi connectivity index (χ1n) is 10.7. The number of carbonyl (C=O) groups excluding carboxylic acids is 1. The third kappa shape index (κ3) is 4.58. The van der Waals surface area contributed by atoms with Gasteiger partial charge in [-0.15, -0.1) is 21.5 Å². The summed E-state index contributed by atoms with van der Waals surface area (Å²) in [6.07, 6.45) is 3.60. The molecule has 4 aromatic rings. The van der Waals surface area contributed by atoms with E-state index in [1.807, 2.05) is 10.3 Å². The number of para-hydroxylation sites is 1. The van der Waals surface area contributed by atoms with Crippen molar-refractivity contribution in [2.24, 2.45) is 5.92 Å². The van der Waals surface area contributed by atoms with Crippen LogP contribution in [0.1, 0.15) is 35.3 Å². The zero-order valence-electron chi connectivity index (χ0n) is 18.0. The van der Waals surface area contributed by atoms with Crippen LogP contribution in [0.2, 0.25) is 0 Å². The van der Waals surface area contributed by atoms with Crippen LogP contribution in [0.5, 0.6) is 0 Å². The molecule has 1 fully saturated rings. The molecule has 0 radical (unpaired) electrons. The summed E-state index contributed by atoms with van der Waals surface area (Å²) in [6.45, 7) is 3.78. The number of aromatic nitrogens is 4. The summed E-state index contributed by atoms with van der Waals surface area (Å²) in [5.41, 5.74) is 0.822. The number of piperidine rings is 1. The van der Waals surface area contributed by atoms with Crippen LogP contribution in [-0.2, 0) is 5.75 Å². The largest absolute Gasteiger partial charge is 0.461 e. The number of carbonyl (C=O) groups is 1. The van der Waals surface area contributed by atoms with Crippen molar-refractivity contribution in [1.82, 2.24) is 24.6 Å². The number of nitrogens with zero attached hydrogens (tertiary/aromatic N) is 5. The van der Waals surface area contributed by atoms with E-state index in [-0.39, 0.29) is 11.7 Å². The second-order valence-corrected chi connectivity index (χ2v) is 9.85. The molecule has 33 heavy (non-hydrogen) atoms. The number of thioether (sulfide) groups is 1. The van der Waals surface area contributed by atoms with Crippen molar-refractivity contribution in [2.75, 3.05) is 13.1 Å². The maximum Gasteiger partial charge on any atom is 0.273 e. The van der Waals surface area contributed by atoms with Gasteiger partial charge in [0.15, 0.2) is 10.9 Å². The Morgan fingerprint density at radius 2 is 2.03 bits per heavy atom. The van der Waals surface area contributed by atoms with Crippen molar-refractivity contribution in [1.29, 1.82) is 0 Å². The van der Waals surface area contributed by atoms with Crippen molar-refractivity contribution in [3.63, 3.8) is 0 Å². The molecule has 0 atom stereocenters. The average Bonchev–Trinajstić information content (AvgIpc) is 3.58. The zero-order valence-corrected chi connectivity index (χ0v) is 19.6. The van der Waals surface area contributed by atoms with Gasteiger partial charge in [0, 0.05) is 18.5 Å². The van der Waals surface area contributed by atoms with Gasteiger partial charge >= 0.3 is 0 Å².